The maximum absolute atomic E-state index is 4.96. The monoisotopic (exact) mass is 432 g/mol. The average molecular weight is 433 g/mol. The normalized spacial score (nSPS) is 43.6. The molecule has 0 saturated heterocycles. The molecule has 3 atom stereocenters. The molecule has 5 aliphatic carbocycles. The lowest BCUT2D eigenvalue weighted by atomic mass is 9.49. The molecule has 0 N–H and O–H groups in total. The minimum Gasteiger partial charge on any atom is -0.268 e. The van der Waals surface area contributed by atoms with Crippen molar-refractivity contribution in [3.8, 4) is 0 Å². The van der Waals surface area contributed by atoms with Gasteiger partial charge in [0.25, 0.3) is 0 Å². The molecular formula is C24H37BrN2. The van der Waals surface area contributed by atoms with Crippen LogP contribution < -0.4 is 0 Å². The third kappa shape index (κ3) is 3.34. The molecule has 0 aromatic carbocycles. The van der Waals surface area contributed by atoms with Crippen molar-refractivity contribution in [3.05, 3.63) is 16.4 Å². The Hall–Kier alpha value is -0.310. The smallest absolute Gasteiger partial charge is 0.0635 e. The molecule has 2 nitrogen and oxygen atoms in total. The Balaban J connectivity index is 1.45. The van der Waals surface area contributed by atoms with E-state index in [4.69, 9.17) is 5.10 Å². The van der Waals surface area contributed by atoms with Gasteiger partial charge < -0.3 is 0 Å². The fourth-order valence-electron chi connectivity index (χ4n) is 8.18. The van der Waals surface area contributed by atoms with Crippen molar-refractivity contribution < 1.29 is 0 Å². The number of aromatic nitrogens is 2. The van der Waals surface area contributed by atoms with Crippen LogP contribution in [0.25, 0.3) is 0 Å². The summed E-state index contributed by atoms with van der Waals surface area (Å²) in [6, 6.07) is 0. The predicted octanol–water partition coefficient (Wildman–Crippen LogP) is 7.04. The first-order chi connectivity index (χ1) is 12.9. The molecule has 150 valence electrons. The molecule has 0 radical (unpaired) electrons. The summed E-state index contributed by atoms with van der Waals surface area (Å²) in [4.78, 5) is 0. The van der Waals surface area contributed by atoms with E-state index in [1.54, 1.807) is 0 Å². The van der Waals surface area contributed by atoms with Crippen LogP contribution in [0.3, 0.4) is 0 Å². The minimum atomic E-state index is 0.558. The van der Waals surface area contributed by atoms with Crippen LogP contribution in [0.1, 0.15) is 90.2 Å². The number of nitrogens with zero attached hydrogens (tertiary/aromatic N) is 2. The van der Waals surface area contributed by atoms with Gasteiger partial charge in [-0.25, -0.2) is 0 Å². The largest absolute Gasteiger partial charge is 0.268 e. The molecule has 3 unspecified atom stereocenters. The highest BCUT2D eigenvalue weighted by Crippen LogP contribution is 2.61. The zero-order valence-corrected chi connectivity index (χ0v) is 19.0. The van der Waals surface area contributed by atoms with Crippen LogP contribution in [-0.2, 0) is 6.54 Å². The van der Waals surface area contributed by atoms with Crippen molar-refractivity contribution in [3.63, 3.8) is 0 Å². The first kappa shape index (κ1) is 18.7. The van der Waals surface area contributed by atoms with Gasteiger partial charge in [0.2, 0.25) is 0 Å². The van der Waals surface area contributed by atoms with Gasteiger partial charge in [0, 0.05) is 12.5 Å². The van der Waals surface area contributed by atoms with Crippen LogP contribution in [0.5, 0.6) is 0 Å². The number of hydrogen-bond acceptors (Lipinski definition) is 1. The van der Waals surface area contributed by atoms with Gasteiger partial charge in [0.1, 0.15) is 0 Å². The van der Waals surface area contributed by atoms with E-state index in [0.717, 1.165) is 35.5 Å². The summed E-state index contributed by atoms with van der Waals surface area (Å²) in [5, 5.41) is 4.96. The summed E-state index contributed by atoms with van der Waals surface area (Å²) in [5.41, 5.74) is 2.10. The van der Waals surface area contributed by atoms with Crippen LogP contribution >= 0.6 is 15.9 Å². The topological polar surface area (TPSA) is 17.8 Å². The van der Waals surface area contributed by atoms with Crippen molar-refractivity contribution >= 4 is 15.9 Å². The molecule has 6 rings (SSSR count). The molecule has 5 saturated carbocycles. The molecule has 0 aliphatic heterocycles. The van der Waals surface area contributed by atoms with Crippen molar-refractivity contribution in [2.24, 2.45) is 40.9 Å². The van der Waals surface area contributed by atoms with Gasteiger partial charge in [-0.05, 0) is 108 Å². The molecule has 1 heterocycles. The van der Waals surface area contributed by atoms with Crippen LogP contribution in [0.4, 0.5) is 0 Å². The molecule has 0 amide bonds. The highest BCUT2D eigenvalue weighted by Gasteiger charge is 2.51. The van der Waals surface area contributed by atoms with Crippen molar-refractivity contribution in [1.82, 2.24) is 9.78 Å². The number of hydrogen-bond donors (Lipinski definition) is 0. The van der Waals surface area contributed by atoms with E-state index >= 15 is 0 Å². The second-order valence-electron chi connectivity index (χ2n) is 11.4. The summed E-state index contributed by atoms with van der Waals surface area (Å²) in [5.74, 6) is 6.17. The minimum absolute atomic E-state index is 0.558. The van der Waals surface area contributed by atoms with Gasteiger partial charge in [-0.15, -0.1) is 0 Å². The third-order valence-corrected chi connectivity index (χ3v) is 9.47. The third-order valence-electron chi connectivity index (χ3n) is 8.86. The molecule has 27 heavy (non-hydrogen) atoms. The summed E-state index contributed by atoms with van der Waals surface area (Å²) in [6.07, 6.45) is 15.3. The molecule has 4 bridgehead atoms. The lowest BCUT2D eigenvalue weighted by Crippen LogP contribution is -2.48. The summed E-state index contributed by atoms with van der Waals surface area (Å²) < 4.78 is 3.76. The van der Waals surface area contributed by atoms with E-state index in [1.165, 1.54) is 74.5 Å². The van der Waals surface area contributed by atoms with E-state index in [0.29, 0.717) is 11.3 Å². The molecule has 1 aromatic rings. The fourth-order valence-corrected chi connectivity index (χ4v) is 8.77. The van der Waals surface area contributed by atoms with Gasteiger partial charge in [-0.1, -0.05) is 27.2 Å². The molecule has 0 spiro atoms. The summed E-state index contributed by atoms with van der Waals surface area (Å²) >= 11 is 3.92. The van der Waals surface area contributed by atoms with Crippen molar-refractivity contribution in [2.45, 2.75) is 91.0 Å². The zero-order valence-electron chi connectivity index (χ0n) is 17.5. The van der Waals surface area contributed by atoms with Gasteiger partial charge in [0.05, 0.1) is 16.4 Å². The Kier molecular flexibility index (Phi) is 4.77. The average Bonchev–Trinajstić information content (AvgIpc) is 2.92. The SMILES string of the molecule is CC1CCC(C(C)C)C(c2c(Br)cnn2CC23CC4CC(CC(C4)C2)C3)C1. The van der Waals surface area contributed by atoms with E-state index in [-0.39, 0.29) is 0 Å². The molecule has 5 fully saturated rings. The van der Waals surface area contributed by atoms with Crippen molar-refractivity contribution in [1.29, 1.82) is 0 Å². The van der Waals surface area contributed by atoms with E-state index in [2.05, 4.69) is 47.6 Å². The van der Waals surface area contributed by atoms with Crippen LogP contribution in [0.15, 0.2) is 10.7 Å². The lowest BCUT2D eigenvalue weighted by Gasteiger charge is -2.57. The van der Waals surface area contributed by atoms with E-state index in [9.17, 15) is 0 Å². The van der Waals surface area contributed by atoms with E-state index in [1.807, 2.05) is 0 Å². The Morgan fingerprint density at radius 2 is 1.70 bits per heavy atom. The second-order valence-corrected chi connectivity index (χ2v) is 12.2. The van der Waals surface area contributed by atoms with Crippen molar-refractivity contribution in [2.75, 3.05) is 0 Å². The summed E-state index contributed by atoms with van der Waals surface area (Å²) in [6.45, 7) is 8.51. The first-order valence-corrected chi connectivity index (χ1v) is 12.4. The fraction of sp³-hybridized carbons (Fsp3) is 0.875. The van der Waals surface area contributed by atoms with Gasteiger partial charge in [-0.2, -0.15) is 5.10 Å². The quantitative estimate of drug-likeness (QED) is 0.498. The maximum Gasteiger partial charge on any atom is 0.0635 e. The highest BCUT2D eigenvalue weighted by molar-refractivity contribution is 9.10. The Bertz CT molecular complexity index is 655. The Morgan fingerprint density at radius 1 is 1.07 bits per heavy atom. The molecule has 1 aromatic heterocycles. The van der Waals surface area contributed by atoms with Crippen LogP contribution in [0.2, 0.25) is 0 Å². The molecular weight excluding hydrogens is 396 g/mol. The molecule has 3 heteroatoms. The first-order valence-electron chi connectivity index (χ1n) is 11.6. The lowest BCUT2D eigenvalue weighted by molar-refractivity contribution is -0.0642. The van der Waals surface area contributed by atoms with E-state index < -0.39 is 0 Å². The van der Waals surface area contributed by atoms with Gasteiger partial charge in [-0.3, -0.25) is 4.68 Å². The predicted molar refractivity (Wildman–Crippen MR) is 115 cm³/mol. The maximum atomic E-state index is 4.96. The standard InChI is InChI=1S/C24H37BrN2/c1-15(2)20-5-4-16(3)6-21(20)23-22(25)13-26-27(23)14-24-10-17-7-18(11-24)9-19(8-17)12-24/h13,15-21H,4-12,14H2,1-3H3. The molecule has 5 aliphatic rings. The second kappa shape index (κ2) is 6.89. The highest BCUT2D eigenvalue weighted by atomic mass is 79.9. The van der Waals surface area contributed by atoms with Crippen LogP contribution in [0, 0.1) is 40.9 Å². The Morgan fingerprint density at radius 3 is 2.30 bits per heavy atom. The summed E-state index contributed by atoms with van der Waals surface area (Å²) in [7, 11) is 0. The van der Waals surface area contributed by atoms with Gasteiger partial charge in [0.15, 0.2) is 0 Å². The van der Waals surface area contributed by atoms with Crippen LogP contribution in [-0.4, -0.2) is 9.78 Å². The number of halogens is 1. The Labute approximate surface area is 174 Å². The number of rotatable bonds is 4. The zero-order chi connectivity index (χ0) is 18.8. The van der Waals surface area contributed by atoms with Gasteiger partial charge >= 0.3 is 0 Å².